The van der Waals surface area contributed by atoms with E-state index in [1.165, 1.54) is 50.0 Å². The Morgan fingerprint density at radius 1 is 0.721 bits per heavy atom. The summed E-state index contributed by atoms with van der Waals surface area (Å²) >= 11 is 3.72. The fourth-order valence-electron chi connectivity index (χ4n) is 10.4. The van der Waals surface area contributed by atoms with Gasteiger partial charge < -0.3 is 4.74 Å². The zero-order valence-corrected chi connectivity index (χ0v) is 41.7. The molecular weight excluding hydrogens is 793 g/mol. The van der Waals surface area contributed by atoms with Gasteiger partial charge in [-0.25, -0.2) is 14.8 Å². The number of allylic oxidation sites excluding steroid dienone is 1. The number of hydrogen-bond donors (Lipinski definition) is 0. The van der Waals surface area contributed by atoms with Gasteiger partial charge in [-0.2, -0.15) is 0 Å². The topological polar surface area (TPSA) is 74.2 Å². The number of fused-ring (bicyclic) bond motifs is 2. The van der Waals surface area contributed by atoms with Crippen molar-refractivity contribution in [1.82, 2.24) is 24.7 Å². The van der Waals surface area contributed by atoms with Crippen LogP contribution in [0.4, 0.5) is 4.79 Å². The minimum absolute atomic E-state index is 0.132. The molecular formula is C51H74N6O2S2. The van der Waals surface area contributed by atoms with E-state index in [1.807, 2.05) is 43.4 Å². The number of likely N-dealkylation sites (tertiary alicyclic amines) is 2. The third kappa shape index (κ3) is 9.98. The number of nitrogens with zero attached hydrogens (tertiary/aromatic N) is 6. The maximum absolute atomic E-state index is 13.0. The molecule has 2 aromatic carbocycles. The maximum Gasteiger partial charge on any atom is 0.414 e. The number of aromatic nitrogens is 2. The number of carbonyl (C=O) groups is 1. The summed E-state index contributed by atoms with van der Waals surface area (Å²) in [6.45, 7) is 30.7. The molecule has 4 aromatic rings. The molecule has 0 radical (unpaired) electrons. The van der Waals surface area contributed by atoms with Gasteiger partial charge in [0.15, 0.2) is 0 Å². The first-order valence-corrected chi connectivity index (χ1v) is 24.5. The number of benzene rings is 2. The Bertz CT molecular complexity index is 2270. The zero-order valence-electron chi connectivity index (χ0n) is 40.0. The molecule has 1 amide bonds. The van der Waals surface area contributed by atoms with E-state index in [1.54, 1.807) is 4.90 Å². The first kappa shape index (κ1) is 45.8. The van der Waals surface area contributed by atoms with Crippen molar-refractivity contribution in [2.24, 2.45) is 16.8 Å². The highest BCUT2D eigenvalue weighted by Gasteiger charge is 2.45. The molecule has 10 heteroatoms. The van der Waals surface area contributed by atoms with Crippen LogP contribution in [0.1, 0.15) is 168 Å². The van der Waals surface area contributed by atoms with Gasteiger partial charge in [0.25, 0.3) is 0 Å². The Morgan fingerprint density at radius 3 is 1.66 bits per heavy atom. The summed E-state index contributed by atoms with van der Waals surface area (Å²) in [5, 5.41) is 2.55. The van der Waals surface area contributed by atoms with Gasteiger partial charge >= 0.3 is 6.09 Å². The SMILES string of the molecule is C[C@H]1CC=C(c2ccc3sc(C4CC(C)(C)N(C)C(C)(C)C4)nc3c2)N(C(=O)OC(C)(C)C)C1.C[C@H]1CCC(c2ccc3sc(C4CC(C)(C)N(C)C(C)(C)C4)nc3c2)=NC1. The highest BCUT2D eigenvalue weighted by atomic mass is 32.1. The molecule has 0 aliphatic carbocycles. The summed E-state index contributed by atoms with van der Waals surface area (Å²) in [6.07, 6.45) is 9.75. The molecule has 8 nitrogen and oxygen atoms in total. The third-order valence-electron chi connectivity index (χ3n) is 14.3. The molecule has 332 valence electrons. The lowest BCUT2D eigenvalue weighted by molar-refractivity contribution is -0.0130. The van der Waals surface area contributed by atoms with Crippen molar-refractivity contribution >= 4 is 60.6 Å². The van der Waals surface area contributed by atoms with Crippen molar-refractivity contribution in [3.63, 3.8) is 0 Å². The van der Waals surface area contributed by atoms with Gasteiger partial charge in [0.2, 0.25) is 0 Å². The zero-order chi connectivity index (χ0) is 44.4. The molecule has 2 aromatic heterocycles. The predicted octanol–water partition coefficient (Wildman–Crippen LogP) is 13.2. The summed E-state index contributed by atoms with van der Waals surface area (Å²) in [6, 6.07) is 13.2. The fourth-order valence-corrected chi connectivity index (χ4v) is 12.5. The number of aliphatic imine (C=N–C) groups is 1. The van der Waals surface area contributed by atoms with E-state index in [-0.39, 0.29) is 28.2 Å². The number of amides is 1. The Hall–Kier alpha value is -3.18. The van der Waals surface area contributed by atoms with Crippen LogP contribution in [-0.2, 0) is 4.74 Å². The summed E-state index contributed by atoms with van der Waals surface area (Å²) in [5.41, 5.74) is 6.83. The molecule has 4 aliphatic heterocycles. The predicted molar refractivity (Wildman–Crippen MR) is 260 cm³/mol. The van der Waals surface area contributed by atoms with Crippen molar-refractivity contribution < 1.29 is 9.53 Å². The first-order chi connectivity index (χ1) is 28.3. The smallest absolute Gasteiger partial charge is 0.414 e. The van der Waals surface area contributed by atoms with Crippen LogP contribution in [0.5, 0.6) is 0 Å². The minimum atomic E-state index is -0.522. The second-order valence-electron chi connectivity index (χ2n) is 22.5. The monoisotopic (exact) mass is 867 g/mol. The summed E-state index contributed by atoms with van der Waals surface area (Å²) < 4.78 is 8.25. The normalized spacial score (nSPS) is 24.9. The number of ether oxygens (including phenoxy) is 1. The Morgan fingerprint density at radius 2 is 1.20 bits per heavy atom. The number of carbonyl (C=O) groups excluding carboxylic acids is 1. The molecule has 0 spiro atoms. The van der Waals surface area contributed by atoms with Crippen LogP contribution in [0.3, 0.4) is 0 Å². The van der Waals surface area contributed by atoms with E-state index in [9.17, 15) is 4.79 Å². The highest BCUT2D eigenvalue weighted by Crippen LogP contribution is 2.48. The molecule has 2 fully saturated rings. The minimum Gasteiger partial charge on any atom is -0.443 e. The van der Waals surface area contributed by atoms with Crippen LogP contribution >= 0.6 is 22.7 Å². The van der Waals surface area contributed by atoms with Gasteiger partial charge in [0.1, 0.15) is 5.60 Å². The Labute approximate surface area is 375 Å². The fraction of sp³-hybridized carbons (Fsp3) is 0.647. The molecule has 0 saturated carbocycles. The number of thiazole rings is 2. The van der Waals surface area contributed by atoms with Gasteiger partial charge in [-0.15, -0.1) is 22.7 Å². The van der Waals surface area contributed by atoms with Crippen LogP contribution in [0.15, 0.2) is 47.5 Å². The average Bonchev–Trinajstić information content (AvgIpc) is 3.80. The van der Waals surface area contributed by atoms with E-state index in [4.69, 9.17) is 19.7 Å². The Kier molecular flexibility index (Phi) is 12.6. The van der Waals surface area contributed by atoms with E-state index >= 15 is 0 Å². The lowest BCUT2D eigenvalue weighted by Gasteiger charge is -2.53. The summed E-state index contributed by atoms with van der Waals surface area (Å²) in [4.78, 5) is 34.9. The molecule has 0 bridgehead atoms. The molecule has 0 unspecified atom stereocenters. The first-order valence-electron chi connectivity index (χ1n) is 22.9. The van der Waals surface area contributed by atoms with Crippen molar-refractivity contribution in [1.29, 1.82) is 0 Å². The molecule has 61 heavy (non-hydrogen) atoms. The van der Waals surface area contributed by atoms with Crippen LogP contribution in [0.25, 0.3) is 26.1 Å². The largest absolute Gasteiger partial charge is 0.443 e. The molecule has 2 saturated heterocycles. The second-order valence-corrected chi connectivity index (χ2v) is 24.6. The molecule has 6 heterocycles. The lowest BCUT2D eigenvalue weighted by atomic mass is 9.74. The average molecular weight is 867 g/mol. The van der Waals surface area contributed by atoms with Gasteiger partial charge in [-0.1, -0.05) is 32.1 Å². The van der Waals surface area contributed by atoms with Gasteiger partial charge in [0.05, 0.1) is 36.1 Å². The molecule has 8 rings (SSSR count). The lowest BCUT2D eigenvalue weighted by Crippen LogP contribution is -2.58. The van der Waals surface area contributed by atoms with Crippen molar-refractivity contribution in [2.45, 2.75) is 175 Å². The molecule has 4 aliphatic rings. The third-order valence-corrected chi connectivity index (χ3v) is 16.7. The number of hydrogen-bond acceptors (Lipinski definition) is 9. The maximum atomic E-state index is 13.0. The van der Waals surface area contributed by atoms with Crippen molar-refractivity contribution in [3.8, 4) is 0 Å². The van der Waals surface area contributed by atoms with Crippen molar-refractivity contribution in [2.75, 3.05) is 27.2 Å². The van der Waals surface area contributed by atoms with Crippen LogP contribution in [-0.4, -0.2) is 91.4 Å². The summed E-state index contributed by atoms with van der Waals surface area (Å²) in [5.74, 6) is 2.12. The summed E-state index contributed by atoms with van der Waals surface area (Å²) in [7, 11) is 4.52. The van der Waals surface area contributed by atoms with E-state index in [0.29, 0.717) is 24.3 Å². The second kappa shape index (κ2) is 16.7. The number of piperidine rings is 2. The number of rotatable bonds is 4. The van der Waals surface area contributed by atoms with Gasteiger partial charge in [0, 0.05) is 58.4 Å². The van der Waals surface area contributed by atoms with E-state index in [0.717, 1.165) is 60.4 Å². The van der Waals surface area contributed by atoms with E-state index in [2.05, 4.69) is 136 Å². The Balaban J connectivity index is 0.000000189. The standard InChI is InChI=1S/C28H41N3O2S.C23H33N3S/c1-18-10-12-22(31(17-18)25(32)33-26(2,3)4)19-11-13-23-21(14-19)29-24(34-23)20-15-27(5,6)30(9)28(7,8)16-20;1-15-7-9-18(24-14-15)16-8-10-20-19(11-16)25-21(27-20)17-12-22(2,3)26(6)23(4,5)13-17/h11-14,18,20H,10,15-17H2,1-9H3;8,10-11,15,17H,7,9,12-14H2,1-6H3/t18-;15-/m00/s1. The van der Waals surface area contributed by atoms with Gasteiger partial charge in [-0.05, 0) is 177 Å². The van der Waals surface area contributed by atoms with Crippen LogP contribution in [0, 0.1) is 11.8 Å². The molecule has 0 N–H and O–H groups in total. The quantitative estimate of drug-likeness (QED) is 0.203. The van der Waals surface area contributed by atoms with Crippen molar-refractivity contribution in [3.05, 3.63) is 63.6 Å². The van der Waals surface area contributed by atoms with Gasteiger partial charge in [-0.3, -0.25) is 19.7 Å². The molecule has 2 atom stereocenters. The van der Waals surface area contributed by atoms with Crippen LogP contribution in [0.2, 0.25) is 0 Å². The highest BCUT2D eigenvalue weighted by molar-refractivity contribution is 7.19. The van der Waals surface area contributed by atoms with E-state index < -0.39 is 5.60 Å². The van der Waals surface area contributed by atoms with Crippen LogP contribution < -0.4 is 0 Å².